The molecule has 0 atom stereocenters. The van der Waals surface area contributed by atoms with Crippen molar-refractivity contribution in [1.29, 1.82) is 0 Å². The van der Waals surface area contributed by atoms with Crippen LogP contribution in [0.4, 0.5) is 11.5 Å². The summed E-state index contributed by atoms with van der Waals surface area (Å²) in [5.74, 6) is 1.27. The first kappa shape index (κ1) is 15.9. The molecule has 1 aromatic carbocycles. The molecule has 1 aliphatic heterocycles. The number of fused-ring (bicyclic) bond motifs is 1. The SMILES string of the molecule is CC/C=C/c1cc(N2CCOc3cc(C=O)cnc32)ccc1C=O. The highest BCUT2D eigenvalue weighted by molar-refractivity contribution is 5.84. The van der Waals surface area contributed by atoms with E-state index >= 15 is 0 Å². The average Bonchev–Trinajstić information content (AvgIpc) is 2.65. The molecule has 24 heavy (non-hydrogen) atoms. The number of aromatic nitrogens is 1. The fourth-order valence-corrected chi connectivity index (χ4v) is 2.66. The van der Waals surface area contributed by atoms with Gasteiger partial charge >= 0.3 is 0 Å². The van der Waals surface area contributed by atoms with Crippen LogP contribution >= 0.6 is 0 Å². The smallest absolute Gasteiger partial charge is 0.176 e. The van der Waals surface area contributed by atoms with E-state index in [0.29, 0.717) is 35.8 Å². The maximum atomic E-state index is 11.2. The van der Waals surface area contributed by atoms with Crippen molar-refractivity contribution in [2.24, 2.45) is 0 Å². The number of rotatable bonds is 5. The van der Waals surface area contributed by atoms with Gasteiger partial charge in [0.05, 0.1) is 6.54 Å². The first-order chi connectivity index (χ1) is 11.8. The molecular weight excluding hydrogens is 304 g/mol. The van der Waals surface area contributed by atoms with Gasteiger partial charge in [0.1, 0.15) is 6.61 Å². The Morgan fingerprint density at radius 3 is 2.83 bits per heavy atom. The standard InChI is InChI=1S/C19H18N2O3/c1-2-3-4-15-10-17(6-5-16(15)13-23)21-7-8-24-18-9-14(12-22)11-20-19(18)21/h3-6,9-13H,2,7-8H2,1H3/b4-3+. The number of aldehydes is 2. The predicted octanol–water partition coefficient (Wildman–Crippen LogP) is 3.66. The molecule has 1 aromatic heterocycles. The van der Waals surface area contributed by atoms with E-state index in [1.54, 1.807) is 6.07 Å². The van der Waals surface area contributed by atoms with Crippen LogP contribution in [0.15, 0.2) is 36.5 Å². The lowest BCUT2D eigenvalue weighted by Crippen LogP contribution is -2.29. The third-order valence-electron chi connectivity index (χ3n) is 3.86. The summed E-state index contributed by atoms with van der Waals surface area (Å²) in [6, 6.07) is 7.38. The molecule has 0 N–H and O–H groups in total. The Hall–Kier alpha value is -2.95. The van der Waals surface area contributed by atoms with Crippen LogP contribution in [-0.4, -0.2) is 30.7 Å². The van der Waals surface area contributed by atoms with Gasteiger partial charge in [-0.15, -0.1) is 0 Å². The Labute approximate surface area is 140 Å². The van der Waals surface area contributed by atoms with Gasteiger partial charge in [0.2, 0.25) is 0 Å². The van der Waals surface area contributed by atoms with Gasteiger partial charge in [-0.2, -0.15) is 0 Å². The number of hydrogen-bond donors (Lipinski definition) is 0. The zero-order valence-electron chi connectivity index (χ0n) is 13.4. The molecule has 0 saturated heterocycles. The van der Waals surface area contributed by atoms with Crippen LogP contribution in [0, 0.1) is 0 Å². The van der Waals surface area contributed by atoms with E-state index in [0.717, 1.165) is 30.2 Å². The van der Waals surface area contributed by atoms with E-state index in [9.17, 15) is 9.59 Å². The number of carbonyl (C=O) groups is 2. The topological polar surface area (TPSA) is 59.5 Å². The zero-order valence-corrected chi connectivity index (χ0v) is 13.4. The Kier molecular flexibility index (Phi) is 4.70. The number of carbonyl (C=O) groups excluding carboxylic acids is 2. The van der Waals surface area contributed by atoms with Gasteiger partial charge in [0.15, 0.2) is 24.1 Å². The molecule has 0 amide bonds. The summed E-state index contributed by atoms with van der Waals surface area (Å²) in [6.45, 7) is 3.21. The van der Waals surface area contributed by atoms with E-state index < -0.39 is 0 Å². The minimum absolute atomic E-state index is 0.485. The highest BCUT2D eigenvalue weighted by Crippen LogP contribution is 2.35. The van der Waals surface area contributed by atoms with E-state index in [-0.39, 0.29) is 0 Å². The Bertz CT molecular complexity index is 799. The Morgan fingerprint density at radius 2 is 2.08 bits per heavy atom. The second-order valence-electron chi connectivity index (χ2n) is 5.45. The van der Waals surface area contributed by atoms with Gasteiger partial charge in [-0.25, -0.2) is 4.98 Å². The fourth-order valence-electron chi connectivity index (χ4n) is 2.66. The molecule has 2 aromatic rings. The van der Waals surface area contributed by atoms with Crippen LogP contribution in [0.25, 0.3) is 6.08 Å². The number of anilines is 2. The van der Waals surface area contributed by atoms with Crippen LogP contribution in [0.1, 0.15) is 39.6 Å². The monoisotopic (exact) mass is 322 g/mol. The van der Waals surface area contributed by atoms with Crippen molar-refractivity contribution in [2.75, 3.05) is 18.1 Å². The van der Waals surface area contributed by atoms with Crippen molar-refractivity contribution in [2.45, 2.75) is 13.3 Å². The molecule has 1 aliphatic rings. The van der Waals surface area contributed by atoms with Crippen molar-refractivity contribution in [3.63, 3.8) is 0 Å². The molecule has 3 rings (SSSR count). The Balaban J connectivity index is 2.03. The number of hydrogen-bond acceptors (Lipinski definition) is 5. The summed E-state index contributed by atoms with van der Waals surface area (Å²) in [5, 5.41) is 0. The molecule has 0 saturated carbocycles. The highest BCUT2D eigenvalue weighted by Gasteiger charge is 2.22. The number of pyridine rings is 1. The number of nitrogens with zero attached hydrogens (tertiary/aromatic N) is 2. The fraction of sp³-hybridized carbons (Fsp3) is 0.211. The summed E-state index contributed by atoms with van der Waals surface area (Å²) in [4.78, 5) is 28.5. The number of allylic oxidation sites excluding steroid dienone is 1. The molecule has 0 spiro atoms. The van der Waals surface area contributed by atoms with Gasteiger partial charge in [0.25, 0.3) is 0 Å². The maximum Gasteiger partial charge on any atom is 0.176 e. The van der Waals surface area contributed by atoms with Gasteiger partial charge in [-0.1, -0.05) is 19.1 Å². The van der Waals surface area contributed by atoms with E-state index in [1.165, 1.54) is 6.20 Å². The summed E-state index contributed by atoms with van der Waals surface area (Å²) in [5.41, 5.74) is 2.95. The lowest BCUT2D eigenvalue weighted by Gasteiger charge is -2.30. The van der Waals surface area contributed by atoms with Crippen LogP contribution < -0.4 is 9.64 Å². The third-order valence-corrected chi connectivity index (χ3v) is 3.86. The second kappa shape index (κ2) is 7.08. The summed E-state index contributed by atoms with van der Waals surface area (Å²) < 4.78 is 5.62. The molecule has 0 fully saturated rings. The lowest BCUT2D eigenvalue weighted by molar-refractivity contribution is 0.111. The quantitative estimate of drug-likeness (QED) is 0.786. The number of benzene rings is 1. The summed E-state index contributed by atoms with van der Waals surface area (Å²) >= 11 is 0. The molecular formula is C19H18N2O3. The molecule has 122 valence electrons. The van der Waals surface area contributed by atoms with Crippen molar-refractivity contribution in [3.05, 3.63) is 53.2 Å². The molecule has 2 heterocycles. The predicted molar refractivity (Wildman–Crippen MR) is 93.3 cm³/mol. The van der Waals surface area contributed by atoms with Crippen LogP contribution in [0.5, 0.6) is 5.75 Å². The second-order valence-corrected chi connectivity index (χ2v) is 5.45. The Morgan fingerprint density at radius 1 is 1.21 bits per heavy atom. The summed E-state index contributed by atoms with van der Waals surface area (Å²) in [6.07, 6.45) is 8.03. The van der Waals surface area contributed by atoms with E-state index in [1.807, 2.05) is 42.2 Å². The average molecular weight is 322 g/mol. The van der Waals surface area contributed by atoms with Crippen molar-refractivity contribution < 1.29 is 14.3 Å². The van der Waals surface area contributed by atoms with Gasteiger partial charge in [-0.05, 0) is 36.2 Å². The molecule has 0 unspecified atom stereocenters. The maximum absolute atomic E-state index is 11.2. The van der Waals surface area contributed by atoms with Crippen LogP contribution in [0.2, 0.25) is 0 Å². The molecule has 0 bridgehead atoms. The van der Waals surface area contributed by atoms with Gasteiger partial charge in [-0.3, -0.25) is 9.59 Å². The largest absolute Gasteiger partial charge is 0.488 e. The normalized spacial score (nSPS) is 13.5. The van der Waals surface area contributed by atoms with Crippen LogP contribution in [-0.2, 0) is 0 Å². The molecule has 5 nitrogen and oxygen atoms in total. The lowest BCUT2D eigenvalue weighted by atomic mass is 10.1. The van der Waals surface area contributed by atoms with E-state index in [4.69, 9.17) is 4.74 Å². The van der Waals surface area contributed by atoms with Crippen LogP contribution in [0.3, 0.4) is 0 Å². The minimum Gasteiger partial charge on any atom is -0.488 e. The molecule has 0 aliphatic carbocycles. The summed E-state index contributed by atoms with van der Waals surface area (Å²) in [7, 11) is 0. The molecule has 0 radical (unpaired) electrons. The zero-order chi connectivity index (χ0) is 16.9. The van der Waals surface area contributed by atoms with Crippen molar-refractivity contribution in [1.82, 2.24) is 4.98 Å². The third kappa shape index (κ3) is 3.06. The van der Waals surface area contributed by atoms with Gasteiger partial charge in [0, 0.05) is 23.0 Å². The number of ether oxygens (including phenoxy) is 1. The van der Waals surface area contributed by atoms with Crippen molar-refractivity contribution >= 4 is 30.2 Å². The molecule has 5 heteroatoms. The first-order valence-electron chi connectivity index (χ1n) is 7.88. The minimum atomic E-state index is 0.485. The van der Waals surface area contributed by atoms with Crippen molar-refractivity contribution in [3.8, 4) is 5.75 Å². The van der Waals surface area contributed by atoms with E-state index in [2.05, 4.69) is 4.98 Å². The highest BCUT2D eigenvalue weighted by atomic mass is 16.5. The first-order valence-corrected chi connectivity index (χ1v) is 7.88. The van der Waals surface area contributed by atoms with Gasteiger partial charge < -0.3 is 9.64 Å².